The number of nitriles is 1. The number of likely N-dealkylation sites (tertiary alicyclic amines) is 1. The van der Waals surface area contributed by atoms with Gasteiger partial charge in [-0.1, -0.05) is 6.92 Å². The monoisotopic (exact) mass is 365 g/mol. The molecule has 1 aromatic carbocycles. The number of nitro groups is 1. The predicted molar refractivity (Wildman–Crippen MR) is 99.4 cm³/mol. The van der Waals surface area contributed by atoms with Gasteiger partial charge in [-0.05, 0) is 43.0 Å². The van der Waals surface area contributed by atoms with Crippen molar-refractivity contribution in [3.63, 3.8) is 0 Å². The van der Waals surface area contributed by atoms with Crippen LogP contribution in [0.4, 0.5) is 5.69 Å². The van der Waals surface area contributed by atoms with Gasteiger partial charge >= 0.3 is 0 Å². The number of benzene rings is 1. The maximum absolute atomic E-state index is 12.5. The molecule has 3 rings (SSSR count). The first-order chi connectivity index (χ1) is 13.0. The normalized spacial score (nSPS) is 15.4. The second-order valence-electron chi connectivity index (χ2n) is 6.65. The summed E-state index contributed by atoms with van der Waals surface area (Å²) in [4.78, 5) is 24.5. The van der Waals surface area contributed by atoms with E-state index in [2.05, 4.69) is 6.92 Å². The Morgan fingerprint density at radius 3 is 2.52 bits per heavy atom. The second-order valence-corrected chi connectivity index (χ2v) is 6.65. The number of nitro benzene ring substituents is 1. The molecule has 1 aliphatic rings. The van der Waals surface area contributed by atoms with Gasteiger partial charge in [0.15, 0.2) is 0 Å². The number of rotatable bonds is 4. The number of piperidine rings is 1. The topological polar surface area (TPSA) is 100 Å². The van der Waals surface area contributed by atoms with Crippen molar-refractivity contribution in [2.45, 2.75) is 19.8 Å². The summed E-state index contributed by atoms with van der Waals surface area (Å²) >= 11 is 0. The summed E-state index contributed by atoms with van der Waals surface area (Å²) in [5.41, 5.74) is 0.711. The lowest BCUT2D eigenvalue weighted by atomic mass is 9.98. The molecule has 138 valence electrons. The molecule has 2 aromatic rings. The molecule has 0 spiro atoms. The molecule has 0 saturated carbocycles. The number of amides is 1. The molecule has 0 aliphatic carbocycles. The fourth-order valence-corrected chi connectivity index (χ4v) is 3.00. The number of nitrogens with zero attached hydrogens (tertiary/aromatic N) is 3. The SMILES string of the molecule is CC1CCN(C(=O)C(C#N)=Cc2ccc(-c3ccc([N+](=O)[O-])cc3)o2)CC1. The molecule has 1 saturated heterocycles. The average Bonchev–Trinajstić information content (AvgIpc) is 3.15. The van der Waals surface area contributed by atoms with Gasteiger partial charge in [0, 0.05) is 36.9 Å². The van der Waals surface area contributed by atoms with Crippen LogP contribution in [0.25, 0.3) is 17.4 Å². The molecular formula is C20H19N3O4. The number of non-ortho nitro benzene ring substituents is 1. The Balaban J connectivity index is 1.77. The van der Waals surface area contributed by atoms with Crippen molar-refractivity contribution in [2.75, 3.05) is 13.1 Å². The lowest BCUT2D eigenvalue weighted by Gasteiger charge is -2.30. The van der Waals surface area contributed by atoms with Crippen LogP contribution in [0.3, 0.4) is 0 Å². The second kappa shape index (κ2) is 7.87. The van der Waals surface area contributed by atoms with E-state index in [9.17, 15) is 20.2 Å². The van der Waals surface area contributed by atoms with E-state index < -0.39 is 4.92 Å². The summed E-state index contributed by atoms with van der Waals surface area (Å²) in [6.45, 7) is 3.47. The Bertz CT molecular complexity index is 913. The maximum Gasteiger partial charge on any atom is 0.269 e. The Labute approximate surface area is 156 Å². The predicted octanol–water partition coefficient (Wildman–Crippen LogP) is 4.02. The van der Waals surface area contributed by atoms with Crippen molar-refractivity contribution in [2.24, 2.45) is 5.92 Å². The number of carbonyl (C=O) groups excluding carboxylic acids is 1. The molecule has 0 atom stereocenters. The molecule has 2 heterocycles. The van der Waals surface area contributed by atoms with E-state index in [-0.39, 0.29) is 17.2 Å². The summed E-state index contributed by atoms with van der Waals surface area (Å²) in [5.74, 6) is 1.21. The number of hydrogen-bond acceptors (Lipinski definition) is 5. The minimum Gasteiger partial charge on any atom is -0.457 e. The highest BCUT2D eigenvalue weighted by Gasteiger charge is 2.23. The largest absolute Gasteiger partial charge is 0.457 e. The van der Waals surface area contributed by atoms with Gasteiger partial charge in [0.25, 0.3) is 11.6 Å². The smallest absolute Gasteiger partial charge is 0.269 e. The van der Waals surface area contributed by atoms with Crippen molar-refractivity contribution in [3.05, 3.63) is 57.8 Å². The van der Waals surface area contributed by atoms with Crippen LogP contribution in [-0.4, -0.2) is 28.8 Å². The van der Waals surface area contributed by atoms with E-state index in [1.165, 1.54) is 18.2 Å². The molecule has 7 heteroatoms. The maximum atomic E-state index is 12.5. The van der Waals surface area contributed by atoms with Gasteiger partial charge < -0.3 is 9.32 Å². The van der Waals surface area contributed by atoms with Crippen molar-refractivity contribution in [1.29, 1.82) is 5.26 Å². The standard InChI is InChI=1S/C20H19N3O4/c1-14-8-10-22(11-9-14)20(24)16(13-21)12-18-6-7-19(27-18)15-2-4-17(5-3-15)23(25)26/h2-7,12,14H,8-11H2,1H3. The van der Waals surface area contributed by atoms with Crippen LogP contribution in [0, 0.1) is 27.4 Å². The third kappa shape index (κ3) is 4.23. The van der Waals surface area contributed by atoms with Crippen LogP contribution in [0.15, 0.2) is 46.4 Å². The first-order valence-electron chi connectivity index (χ1n) is 8.73. The molecule has 1 aromatic heterocycles. The third-order valence-corrected chi connectivity index (χ3v) is 4.70. The van der Waals surface area contributed by atoms with Crippen molar-refractivity contribution < 1.29 is 14.1 Å². The molecule has 1 fully saturated rings. The zero-order valence-corrected chi connectivity index (χ0v) is 14.9. The molecule has 0 radical (unpaired) electrons. The highest BCUT2D eigenvalue weighted by Crippen LogP contribution is 2.26. The minimum absolute atomic E-state index is 0.00126. The summed E-state index contributed by atoms with van der Waals surface area (Å²) < 4.78 is 5.69. The zero-order chi connectivity index (χ0) is 19.4. The number of furan rings is 1. The van der Waals surface area contributed by atoms with Crippen LogP contribution in [-0.2, 0) is 4.79 Å². The number of carbonyl (C=O) groups is 1. The van der Waals surface area contributed by atoms with Gasteiger partial charge in [0.2, 0.25) is 0 Å². The molecule has 1 amide bonds. The Morgan fingerprint density at radius 2 is 1.93 bits per heavy atom. The van der Waals surface area contributed by atoms with E-state index >= 15 is 0 Å². The van der Waals surface area contributed by atoms with Crippen LogP contribution < -0.4 is 0 Å². The summed E-state index contributed by atoms with van der Waals surface area (Å²) in [6, 6.07) is 11.3. The van der Waals surface area contributed by atoms with Gasteiger partial charge in [-0.3, -0.25) is 14.9 Å². The van der Waals surface area contributed by atoms with Gasteiger partial charge in [-0.15, -0.1) is 0 Å². The molecule has 27 heavy (non-hydrogen) atoms. The van der Waals surface area contributed by atoms with Gasteiger partial charge in [-0.2, -0.15) is 5.26 Å². The van der Waals surface area contributed by atoms with Crippen LogP contribution >= 0.6 is 0 Å². The highest BCUT2D eigenvalue weighted by atomic mass is 16.6. The molecular weight excluding hydrogens is 346 g/mol. The first-order valence-corrected chi connectivity index (χ1v) is 8.73. The first kappa shape index (κ1) is 18.4. The van der Waals surface area contributed by atoms with Gasteiger partial charge in [0.1, 0.15) is 23.2 Å². The molecule has 7 nitrogen and oxygen atoms in total. The lowest BCUT2D eigenvalue weighted by molar-refractivity contribution is -0.384. The Hall–Kier alpha value is -3.40. The third-order valence-electron chi connectivity index (χ3n) is 4.70. The fraction of sp³-hybridized carbons (Fsp3) is 0.300. The summed E-state index contributed by atoms with van der Waals surface area (Å²) in [5, 5.41) is 20.1. The molecule has 0 N–H and O–H groups in total. The van der Waals surface area contributed by atoms with E-state index in [1.807, 2.05) is 6.07 Å². The molecule has 0 unspecified atom stereocenters. The van der Waals surface area contributed by atoms with Crippen molar-refractivity contribution in [3.8, 4) is 17.4 Å². The molecule has 1 aliphatic heterocycles. The van der Waals surface area contributed by atoms with Crippen molar-refractivity contribution in [1.82, 2.24) is 4.90 Å². The van der Waals surface area contributed by atoms with Crippen molar-refractivity contribution >= 4 is 17.7 Å². The average molecular weight is 365 g/mol. The Kier molecular flexibility index (Phi) is 5.36. The van der Waals surface area contributed by atoms with E-state index in [0.29, 0.717) is 36.1 Å². The van der Waals surface area contributed by atoms with Crippen LogP contribution in [0.1, 0.15) is 25.5 Å². The minimum atomic E-state index is -0.466. The lowest BCUT2D eigenvalue weighted by Crippen LogP contribution is -2.38. The van der Waals surface area contributed by atoms with E-state index in [0.717, 1.165) is 12.8 Å². The molecule has 0 bridgehead atoms. The van der Waals surface area contributed by atoms with Crippen LogP contribution in [0.5, 0.6) is 0 Å². The van der Waals surface area contributed by atoms with Crippen LogP contribution in [0.2, 0.25) is 0 Å². The van der Waals surface area contributed by atoms with Gasteiger partial charge in [0.05, 0.1) is 4.92 Å². The number of hydrogen-bond donors (Lipinski definition) is 0. The fourth-order valence-electron chi connectivity index (χ4n) is 3.00. The zero-order valence-electron chi connectivity index (χ0n) is 14.9. The van der Waals surface area contributed by atoms with E-state index in [1.54, 1.807) is 29.2 Å². The Morgan fingerprint density at radius 1 is 1.26 bits per heavy atom. The summed E-state index contributed by atoms with van der Waals surface area (Å²) in [7, 11) is 0. The van der Waals surface area contributed by atoms with E-state index in [4.69, 9.17) is 4.42 Å². The highest BCUT2D eigenvalue weighted by molar-refractivity contribution is 6.01. The summed E-state index contributed by atoms with van der Waals surface area (Å²) in [6.07, 6.45) is 3.32. The quantitative estimate of drug-likeness (QED) is 0.352. The van der Waals surface area contributed by atoms with Gasteiger partial charge in [-0.25, -0.2) is 0 Å².